The number of hydrogen-bond donors (Lipinski definition) is 1. The van der Waals surface area contributed by atoms with Crippen molar-refractivity contribution in [1.29, 1.82) is 0 Å². The lowest BCUT2D eigenvalue weighted by Gasteiger charge is -2.26. The fourth-order valence-electron chi connectivity index (χ4n) is 1.80. The van der Waals surface area contributed by atoms with Crippen molar-refractivity contribution in [3.05, 3.63) is 18.0 Å². The summed E-state index contributed by atoms with van der Waals surface area (Å²) in [5.41, 5.74) is 6.99. The molecule has 2 rings (SSSR count). The average molecular weight is 179 g/mol. The lowest BCUT2D eigenvalue weighted by atomic mass is 9.85. The molecule has 1 aliphatic carbocycles. The smallest absolute Gasteiger partial charge is 0.0548 e. The van der Waals surface area contributed by atoms with E-state index in [0.29, 0.717) is 0 Å². The summed E-state index contributed by atoms with van der Waals surface area (Å²) in [5.74, 6) is 0.845. The zero-order chi connectivity index (χ0) is 9.26. The Morgan fingerprint density at radius 3 is 3.00 bits per heavy atom. The molecule has 1 atom stereocenters. The summed E-state index contributed by atoms with van der Waals surface area (Å²) < 4.78 is 2.06. The van der Waals surface area contributed by atoms with Crippen LogP contribution in [0.4, 0.5) is 0 Å². The fourth-order valence-corrected chi connectivity index (χ4v) is 1.80. The minimum absolute atomic E-state index is 0.0996. The van der Waals surface area contributed by atoms with Crippen LogP contribution >= 0.6 is 0 Å². The van der Waals surface area contributed by atoms with Crippen molar-refractivity contribution in [2.75, 3.05) is 0 Å². The molecule has 1 saturated carbocycles. The Kier molecular flexibility index (Phi) is 2.36. The van der Waals surface area contributed by atoms with Crippen molar-refractivity contribution in [3.8, 4) is 0 Å². The second-order valence-corrected chi connectivity index (χ2v) is 4.02. The standard InChI is InChI=1S/C10H17N3/c1-8(11)10-5-6-12-13(10)7-9-3-2-4-9/h5-6,8-9H,2-4,7,11H2,1H3. The third-order valence-electron chi connectivity index (χ3n) is 2.87. The second-order valence-electron chi connectivity index (χ2n) is 4.02. The van der Waals surface area contributed by atoms with Crippen LogP contribution in [0.3, 0.4) is 0 Å². The topological polar surface area (TPSA) is 43.8 Å². The Labute approximate surface area is 78.9 Å². The van der Waals surface area contributed by atoms with Crippen molar-refractivity contribution in [2.45, 2.75) is 38.8 Å². The number of hydrogen-bond acceptors (Lipinski definition) is 2. The third kappa shape index (κ3) is 1.75. The van der Waals surface area contributed by atoms with Crippen LogP contribution in [-0.4, -0.2) is 9.78 Å². The molecular formula is C10H17N3. The largest absolute Gasteiger partial charge is 0.323 e. The van der Waals surface area contributed by atoms with E-state index in [4.69, 9.17) is 5.73 Å². The molecule has 1 aliphatic rings. The van der Waals surface area contributed by atoms with Crippen LogP contribution in [0.1, 0.15) is 37.9 Å². The average Bonchev–Trinajstić information content (AvgIpc) is 2.44. The van der Waals surface area contributed by atoms with Gasteiger partial charge in [0.2, 0.25) is 0 Å². The molecule has 1 heterocycles. The summed E-state index contributed by atoms with van der Waals surface area (Å²) in [6.07, 6.45) is 5.95. The molecule has 2 N–H and O–H groups in total. The van der Waals surface area contributed by atoms with E-state index >= 15 is 0 Å². The SMILES string of the molecule is CC(N)c1ccnn1CC1CCC1. The zero-order valence-electron chi connectivity index (χ0n) is 8.11. The Morgan fingerprint density at radius 2 is 2.46 bits per heavy atom. The van der Waals surface area contributed by atoms with Gasteiger partial charge < -0.3 is 5.73 Å². The predicted octanol–water partition coefficient (Wildman–Crippen LogP) is 1.70. The molecule has 1 fully saturated rings. The van der Waals surface area contributed by atoms with Crippen LogP contribution in [0.2, 0.25) is 0 Å². The minimum Gasteiger partial charge on any atom is -0.323 e. The zero-order valence-corrected chi connectivity index (χ0v) is 8.11. The van der Waals surface area contributed by atoms with Gasteiger partial charge in [-0.05, 0) is 31.7 Å². The van der Waals surface area contributed by atoms with Crippen molar-refractivity contribution in [3.63, 3.8) is 0 Å². The molecule has 1 unspecified atom stereocenters. The molecule has 0 aliphatic heterocycles. The summed E-state index contributed by atoms with van der Waals surface area (Å²) in [6, 6.07) is 2.12. The number of nitrogens with zero attached hydrogens (tertiary/aromatic N) is 2. The summed E-state index contributed by atoms with van der Waals surface area (Å²) in [7, 11) is 0. The highest BCUT2D eigenvalue weighted by atomic mass is 15.3. The lowest BCUT2D eigenvalue weighted by Crippen LogP contribution is -2.22. The molecule has 3 nitrogen and oxygen atoms in total. The molecule has 1 aromatic rings. The molecule has 0 radical (unpaired) electrons. The Morgan fingerprint density at radius 1 is 1.69 bits per heavy atom. The van der Waals surface area contributed by atoms with E-state index in [1.54, 1.807) is 0 Å². The Hall–Kier alpha value is -0.830. The highest BCUT2D eigenvalue weighted by Gasteiger charge is 2.19. The van der Waals surface area contributed by atoms with E-state index in [0.717, 1.165) is 18.2 Å². The summed E-state index contributed by atoms with van der Waals surface area (Å²) >= 11 is 0. The number of nitrogens with two attached hydrogens (primary N) is 1. The normalized spacial score (nSPS) is 19.8. The predicted molar refractivity (Wildman–Crippen MR) is 52.2 cm³/mol. The Bertz CT molecular complexity index is 273. The number of aromatic nitrogens is 2. The van der Waals surface area contributed by atoms with E-state index in [9.17, 15) is 0 Å². The summed E-state index contributed by atoms with van der Waals surface area (Å²) in [5, 5.41) is 4.30. The number of rotatable bonds is 3. The first-order chi connectivity index (χ1) is 6.27. The maximum absolute atomic E-state index is 5.83. The molecule has 13 heavy (non-hydrogen) atoms. The Balaban J connectivity index is 2.05. The van der Waals surface area contributed by atoms with Crippen LogP contribution < -0.4 is 5.73 Å². The maximum Gasteiger partial charge on any atom is 0.0548 e. The van der Waals surface area contributed by atoms with Gasteiger partial charge in [-0.15, -0.1) is 0 Å². The first kappa shape index (κ1) is 8.75. The minimum atomic E-state index is 0.0996. The summed E-state index contributed by atoms with van der Waals surface area (Å²) in [4.78, 5) is 0. The van der Waals surface area contributed by atoms with Gasteiger partial charge in [0.05, 0.1) is 5.69 Å². The molecule has 3 heteroatoms. The molecule has 72 valence electrons. The third-order valence-corrected chi connectivity index (χ3v) is 2.87. The van der Waals surface area contributed by atoms with Crippen LogP contribution in [0.15, 0.2) is 12.3 Å². The lowest BCUT2D eigenvalue weighted by molar-refractivity contribution is 0.262. The first-order valence-corrected chi connectivity index (χ1v) is 5.04. The first-order valence-electron chi connectivity index (χ1n) is 5.04. The van der Waals surface area contributed by atoms with E-state index in [1.807, 2.05) is 19.2 Å². The van der Waals surface area contributed by atoms with Gasteiger partial charge in [0.25, 0.3) is 0 Å². The van der Waals surface area contributed by atoms with Crippen LogP contribution in [0.5, 0.6) is 0 Å². The van der Waals surface area contributed by atoms with Crippen molar-refractivity contribution >= 4 is 0 Å². The fraction of sp³-hybridized carbons (Fsp3) is 0.700. The van der Waals surface area contributed by atoms with E-state index in [-0.39, 0.29) is 6.04 Å². The molecular weight excluding hydrogens is 162 g/mol. The highest BCUT2D eigenvalue weighted by molar-refractivity contribution is 5.05. The van der Waals surface area contributed by atoms with E-state index in [1.165, 1.54) is 19.3 Å². The van der Waals surface area contributed by atoms with Crippen LogP contribution in [-0.2, 0) is 6.54 Å². The van der Waals surface area contributed by atoms with Crippen LogP contribution in [0.25, 0.3) is 0 Å². The molecule has 0 amide bonds. The molecule has 0 spiro atoms. The quantitative estimate of drug-likeness (QED) is 0.767. The maximum atomic E-state index is 5.83. The second kappa shape index (κ2) is 3.50. The van der Waals surface area contributed by atoms with E-state index in [2.05, 4.69) is 9.78 Å². The van der Waals surface area contributed by atoms with Gasteiger partial charge in [0.1, 0.15) is 0 Å². The van der Waals surface area contributed by atoms with Crippen LogP contribution in [0, 0.1) is 5.92 Å². The van der Waals surface area contributed by atoms with Crippen molar-refractivity contribution in [1.82, 2.24) is 9.78 Å². The molecule has 0 aromatic carbocycles. The van der Waals surface area contributed by atoms with Gasteiger partial charge in [-0.25, -0.2) is 0 Å². The highest BCUT2D eigenvalue weighted by Crippen LogP contribution is 2.28. The van der Waals surface area contributed by atoms with E-state index < -0.39 is 0 Å². The van der Waals surface area contributed by atoms with Crippen molar-refractivity contribution < 1.29 is 0 Å². The van der Waals surface area contributed by atoms with Gasteiger partial charge in [0, 0.05) is 18.8 Å². The van der Waals surface area contributed by atoms with Gasteiger partial charge in [-0.1, -0.05) is 6.42 Å². The molecule has 0 saturated heterocycles. The van der Waals surface area contributed by atoms with Gasteiger partial charge in [-0.3, -0.25) is 4.68 Å². The molecule has 0 bridgehead atoms. The van der Waals surface area contributed by atoms with Gasteiger partial charge in [-0.2, -0.15) is 5.10 Å². The van der Waals surface area contributed by atoms with Gasteiger partial charge in [0.15, 0.2) is 0 Å². The molecule has 1 aromatic heterocycles. The summed E-state index contributed by atoms with van der Waals surface area (Å²) in [6.45, 7) is 3.07. The van der Waals surface area contributed by atoms with Gasteiger partial charge >= 0.3 is 0 Å². The van der Waals surface area contributed by atoms with Crippen molar-refractivity contribution in [2.24, 2.45) is 11.7 Å². The monoisotopic (exact) mass is 179 g/mol.